The highest BCUT2D eigenvalue weighted by molar-refractivity contribution is 5.94. The number of methoxy groups -OCH3 is 1. The fourth-order valence-electron chi connectivity index (χ4n) is 0.974. The van der Waals surface area contributed by atoms with Crippen molar-refractivity contribution in [2.24, 2.45) is 0 Å². The predicted molar refractivity (Wildman–Crippen MR) is 53.0 cm³/mol. The van der Waals surface area contributed by atoms with Crippen LogP contribution in [0.2, 0.25) is 0 Å². The van der Waals surface area contributed by atoms with Gasteiger partial charge in [0.15, 0.2) is 5.82 Å². The molecule has 1 N–H and O–H groups in total. The molecule has 0 aliphatic carbocycles. The molecule has 0 aromatic carbocycles. The molecule has 0 fully saturated rings. The highest BCUT2D eigenvalue weighted by Gasteiger charge is 2.11. The van der Waals surface area contributed by atoms with Gasteiger partial charge >= 0.3 is 0 Å². The minimum absolute atomic E-state index is 0.00620. The van der Waals surface area contributed by atoms with Crippen LogP contribution in [0.3, 0.4) is 0 Å². The van der Waals surface area contributed by atoms with Gasteiger partial charge in [0.05, 0.1) is 17.9 Å². The van der Waals surface area contributed by atoms with Gasteiger partial charge < -0.3 is 10.1 Å². The van der Waals surface area contributed by atoms with E-state index in [0.717, 1.165) is 6.20 Å². The topological polar surface area (TPSA) is 51.2 Å². The third-order valence-electron chi connectivity index (χ3n) is 1.97. The summed E-state index contributed by atoms with van der Waals surface area (Å²) in [7, 11) is 1.55. The SMILES string of the molecule is COC(C)CNC(=O)c1ccncc1F. The molecule has 1 amide bonds. The van der Waals surface area contributed by atoms with Crippen LogP contribution in [-0.4, -0.2) is 30.6 Å². The van der Waals surface area contributed by atoms with Gasteiger partial charge in [-0.1, -0.05) is 0 Å². The van der Waals surface area contributed by atoms with E-state index in [4.69, 9.17) is 4.74 Å². The summed E-state index contributed by atoms with van der Waals surface area (Å²) in [6.45, 7) is 2.15. The standard InChI is InChI=1S/C10H13FN2O2/c1-7(15-2)5-13-10(14)8-3-4-12-6-9(8)11/h3-4,6-7H,5H2,1-2H3,(H,13,14). The number of ether oxygens (including phenoxy) is 1. The van der Waals surface area contributed by atoms with Crippen LogP contribution in [0.25, 0.3) is 0 Å². The summed E-state index contributed by atoms with van der Waals surface area (Å²) < 4.78 is 18.0. The zero-order valence-corrected chi connectivity index (χ0v) is 8.66. The quantitative estimate of drug-likeness (QED) is 0.809. The van der Waals surface area contributed by atoms with Crippen LogP contribution in [0.4, 0.5) is 4.39 Å². The first-order valence-corrected chi connectivity index (χ1v) is 4.55. The van der Waals surface area contributed by atoms with E-state index < -0.39 is 11.7 Å². The summed E-state index contributed by atoms with van der Waals surface area (Å²) in [6.07, 6.45) is 2.28. The number of aromatic nitrogens is 1. The van der Waals surface area contributed by atoms with Crippen LogP contribution in [0.1, 0.15) is 17.3 Å². The van der Waals surface area contributed by atoms with E-state index in [-0.39, 0.29) is 11.7 Å². The van der Waals surface area contributed by atoms with E-state index in [9.17, 15) is 9.18 Å². The Morgan fingerprint density at radius 2 is 2.47 bits per heavy atom. The third-order valence-corrected chi connectivity index (χ3v) is 1.97. The smallest absolute Gasteiger partial charge is 0.254 e. The van der Waals surface area contributed by atoms with Gasteiger partial charge in [0.2, 0.25) is 0 Å². The third kappa shape index (κ3) is 3.28. The van der Waals surface area contributed by atoms with Crippen LogP contribution in [0.15, 0.2) is 18.5 Å². The number of amides is 1. The van der Waals surface area contributed by atoms with Gasteiger partial charge in [-0.05, 0) is 13.0 Å². The molecule has 4 nitrogen and oxygen atoms in total. The largest absolute Gasteiger partial charge is 0.380 e. The number of carbonyl (C=O) groups excluding carboxylic acids is 1. The van der Waals surface area contributed by atoms with Crippen molar-refractivity contribution in [3.63, 3.8) is 0 Å². The molecule has 0 aliphatic heterocycles. The fourth-order valence-corrected chi connectivity index (χ4v) is 0.974. The Labute approximate surface area is 87.5 Å². The van der Waals surface area contributed by atoms with E-state index in [1.807, 2.05) is 6.92 Å². The number of hydrogen-bond acceptors (Lipinski definition) is 3. The Morgan fingerprint density at radius 1 is 1.73 bits per heavy atom. The number of nitrogens with zero attached hydrogens (tertiary/aromatic N) is 1. The molecule has 1 heterocycles. The van der Waals surface area contributed by atoms with Crippen molar-refractivity contribution in [1.29, 1.82) is 0 Å². The van der Waals surface area contributed by atoms with Crippen LogP contribution in [0.5, 0.6) is 0 Å². The van der Waals surface area contributed by atoms with Crippen LogP contribution < -0.4 is 5.32 Å². The Morgan fingerprint density at radius 3 is 3.07 bits per heavy atom. The molecule has 0 bridgehead atoms. The van der Waals surface area contributed by atoms with E-state index >= 15 is 0 Å². The van der Waals surface area contributed by atoms with Gasteiger partial charge in [-0.25, -0.2) is 4.39 Å². The predicted octanol–water partition coefficient (Wildman–Crippen LogP) is 0.985. The van der Waals surface area contributed by atoms with E-state index in [1.54, 1.807) is 7.11 Å². The fraction of sp³-hybridized carbons (Fsp3) is 0.400. The molecule has 5 heteroatoms. The Bertz CT molecular complexity index is 344. The van der Waals surface area contributed by atoms with Crippen LogP contribution in [0, 0.1) is 5.82 Å². The lowest BCUT2D eigenvalue weighted by Gasteiger charge is -2.10. The number of halogens is 1. The van der Waals surface area contributed by atoms with Gasteiger partial charge in [-0.2, -0.15) is 0 Å². The molecular weight excluding hydrogens is 199 g/mol. The zero-order valence-electron chi connectivity index (χ0n) is 8.66. The molecule has 0 saturated carbocycles. The van der Waals surface area contributed by atoms with Crippen molar-refractivity contribution in [3.8, 4) is 0 Å². The molecule has 1 aromatic heterocycles. The molecule has 0 spiro atoms. The van der Waals surface area contributed by atoms with Gasteiger partial charge in [0, 0.05) is 19.9 Å². The molecule has 1 atom stereocenters. The van der Waals surface area contributed by atoms with Crippen molar-refractivity contribution < 1.29 is 13.9 Å². The minimum Gasteiger partial charge on any atom is -0.380 e. The normalized spacial score (nSPS) is 12.2. The van der Waals surface area contributed by atoms with Crippen molar-refractivity contribution in [3.05, 3.63) is 29.8 Å². The van der Waals surface area contributed by atoms with Crippen molar-refractivity contribution in [2.75, 3.05) is 13.7 Å². The molecule has 0 aliphatic rings. The monoisotopic (exact) mass is 212 g/mol. The lowest BCUT2D eigenvalue weighted by molar-refractivity contribution is 0.0866. The molecule has 0 saturated heterocycles. The van der Waals surface area contributed by atoms with Gasteiger partial charge in [0.25, 0.3) is 5.91 Å². The first-order valence-electron chi connectivity index (χ1n) is 4.55. The number of rotatable bonds is 4. The van der Waals surface area contributed by atoms with Gasteiger partial charge in [-0.3, -0.25) is 9.78 Å². The maximum atomic E-state index is 13.1. The molecule has 1 unspecified atom stereocenters. The average Bonchev–Trinajstić information content (AvgIpc) is 2.26. The Kier molecular flexibility index (Phi) is 4.17. The summed E-state index contributed by atoms with van der Waals surface area (Å²) in [5, 5.41) is 2.56. The molecule has 0 radical (unpaired) electrons. The highest BCUT2D eigenvalue weighted by Crippen LogP contribution is 2.03. The molecule has 15 heavy (non-hydrogen) atoms. The second-order valence-electron chi connectivity index (χ2n) is 3.11. The molecule has 1 aromatic rings. The van der Waals surface area contributed by atoms with Crippen molar-refractivity contribution in [1.82, 2.24) is 10.3 Å². The van der Waals surface area contributed by atoms with Gasteiger partial charge in [0.1, 0.15) is 0 Å². The number of carbonyl (C=O) groups is 1. The van der Waals surface area contributed by atoms with E-state index in [2.05, 4.69) is 10.3 Å². The average molecular weight is 212 g/mol. The summed E-state index contributed by atoms with van der Waals surface area (Å²) in [5.74, 6) is -1.08. The first-order chi connectivity index (χ1) is 7.15. The van der Waals surface area contributed by atoms with Crippen molar-refractivity contribution >= 4 is 5.91 Å². The van der Waals surface area contributed by atoms with E-state index in [1.165, 1.54) is 12.3 Å². The Balaban J connectivity index is 2.58. The maximum Gasteiger partial charge on any atom is 0.254 e. The molecule has 82 valence electrons. The Hall–Kier alpha value is -1.49. The lowest BCUT2D eigenvalue weighted by Crippen LogP contribution is -2.32. The number of nitrogens with one attached hydrogen (secondary N) is 1. The number of pyridine rings is 1. The summed E-state index contributed by atoms with van der Waals surface area (Å²) in [4.78, 5) is 15.0. The summed E-state index contributed by atoms with van der Waals surface area (Å²) in [5.41, 5.74) is -0.00620. The summed E-state index contributed by atoms with van der Waals surface area (Å²) in [6, 6.07) is 1.34. The van der Waals surface area contributed by atoms with E-state index in [0.29, 0.717) is 6.54 Å². The van der Waals surface area contributed by atoms with Crippen molar-refractivity contribution in [2.45, 2.75) is 13.0 Å². The molecule has 1 rings (SSSR count). The number of hydrogen-bond donors (Lipinski definition) is 1. The highest BCUT2D eigenvalue weighted by atomic mass is 19.1. The molecular formula is C10H13FN2O2. The van der Waals surface area contributed by atoms with Crippen LogP contribution >= 0.6 is 0 Å². The second kappa shape index (κ2) is 5.41. The maximum absolute atomic E-state index is 13.1. The summed E-state index contributed by atoms with van der Waals surface area (Å²) >= 11 is 0. The minimum atomic E-state index is -0.625. The zero-order chi connectivity index (χ0) is 11.3. The first kappa shape index (κ1) is 11.6. The van der Waals surface area contributed by atoms with Gasteiger partial charge in [-0.15, -0.1) is 0 Å². The van der Waals surface area contributed by atoms with Crippen LogP contribution in [-0.2, 0) is 4.74 Å². The second-order valence-corrected chi connectivity index (χ2v) is 3.11. The lowest BCUT2D eigenvalue weighted by atomic mass is 10.2.